The molecule has 0 amide bonds. The van der Waals surface area contributed by atoms with Crippen LogP contribution in [0.4, 0.5) is 0 Å². The number of nitriles is 1. The molecule has 6 heteroatoms. The second-order valence-corrected chi connectivity index (χ2v) is 6.34. The Morgan fingerprint density at radius 1 is 0.931 bits per heavy atom. The SMILES string of the molecule is N#Cc1ccccc1OC(=O)c1nn(Cc2ccccc2)c(=O)c2ccccc12. The fourth-order valence-corrected chi connectivity index (χ4v) is 3.05. The first-order chi connectivity index (χ1) is 14.2. The molecule has 0 saturated heterocycles. The molecule has 4 rings (SSSR count). The van der Waals surface area contributed by atoms with E-state index in [4.69, 9.17) is 4.74 Å². The van der Waals surface area contributed by atoms with Crippen molar-refractivity contribution in [3.63, 3.8) is 0 Å². The van der Waals surface area contributed by atoms with Crippen LogP contribution in [0, 0.1) is 11.3 Å². The van der Waals surface area contributed by atoms with Crippen LogP contribution in [0.3, 0.4) is 0 Å². The zero-order chi connectivity index (χ0) is 20.2. The lowest BCUT2D eigenvalue weighted by molar-refractivity contribution is 0.0727. The van der Waals surface area contributed by atoms with Crippen LogP contribution in [0.1, 0.15) is 21.6 Å². The lowest BCUT2D eigenvalue weighted by Crippen LogP contribution is -2.27. The number of esters is 1. The topological polar surface area (TPSA) is 85.0 Å². The van der Waals surface area contributed by atoms with Gasteiger partial charge in [0.05, 0.1) is 17.5 Å². The molecule has 6 nitrogen and oxygen atoms in total. The second-order valence-electron chi connectivity index (χ2n) is 6.34. The third-order valence-electron chi connectivity index (χ3n) is 4.45. The summed E-state index contributed by atoms with van der Waals surface area (Å²) in [5.41, 5.74) is 0.844. The lowest BCUT2D eigenvalue weighted by Gasteiger charge is -2.11. The number of benzene rings is 3. The number of rotatable bonds is 4. The number of hydrogen-bond acceptors (Lipinski definition) is 5. The number of aromatic nitrogens is 2. The van der Waals surface area contributed by atoms with Gasteiger partial charge in [-0.1, -0.05) is 60.7 Å². The van der Waals surface area contributed by atoms with Crippen LogP contribution < -0.4 is 10.3 Å². The number of nitrogens with zero attached hydrogens (tertiary/aromatic N) is 3. The summed E-state index contributed by atoms with van der Waals surface area (Å²) < 4.78 is 6.69. The van der Waals surface area contributed by atoms with Crippen molar-refractivity contribution in [1.29, 1.82) is 5.26 Å². The predicted molar refractivity (Wildman–Crippen MR) is 108 cm³/mol. The predicted octanol–water partition coefficient (Wildman–Crippen LogP) is 3.54. The summed E-state index contributed by atoms with van der Waals surface area (Å²) in [4.78, 5) is 25.8. The molecule has 0 saturated carbocycles. The van der Waals surface area contributed by atoms with Crippen LogP contribution in [0.15, 0.2) is 83.7 Å². The zero-order valence-electron chi connectivity index (χ0n) is 15.3. The number of carbonyl (C=O) groups is 1. The van der Waals surface area contributed by atoms with E-state index in [1.54, 1.807) is 48.5 Å². The molecule has 0 spiro atoms. The van der Waals surface area contributed by atoms with Gasteiger partial charge in [0.1, 0.15) is 11.8 Å². The van der Waals surface area contributed by atoms with Crippen molar-refractivity contribution in [3.8, 4) is 11.8 Å². The van der Waals surface area contributed by atoms with Gasteiger partial charge < -0.3 is 4.74 Å². The summed E-state index contributed by atoms with van der Waals surface area (Å²) in [5, 5.41) is 14.3. The van der Waals surface area contributed by atoms with E-state index in [1.165, 1.54) is 4.68 Å². The van der Waals surface area contributed by atoms with Crippen molar-refractivity contribution in [1.82, 2.24) is 9.78 Å². The highest BCUT2D eigenvalue weighted by Crippen LogP contribution is 2.20. The molecular formula is C23H15N3O3. The van der Waals surface area contributed by atoms with E-state index in [0.717, 1.165) is 5.56 Å². The monoisotopic (exact) mass is 381 g/mol. The third-order valence-corrected chi connectivity index (χ3v) is 4.45. The Morgan fingerprint density at radius 3 is 2.34 bits per heavy atom. The number of carbonyl (C=O) groups excluding carboxylic acids is 1. The highest BCUT2D eigenvalue weighted by Gasteiger charge is 2.19. The Balaban J connectivity index is 1.81. The molecule has 4 aromatic rings. The van der Waals surface area contributed by atoms with Crippen molar-refractivity contribution in [2.24, 2.45) is 0 Å². The summed E-state index contributed by atoms with van der Waals surface area (Å²) in [5.74, 6) is -0.586. The minimum atomic E-state index is -0.731. The fourth-order valence-electron chi connectivity index (χ4n) is 3.05. The van der Waals surface area contributed by atoms with E-state index < -0.39 is 5.97 Å². The summed E-state index contributed by atoms with van der Waals surface area (Å²) in [6.07, 6.45) is 0. The maximum Gasteiger partial charge on any atom is 0.364 e. The minimum absolute atomic E-state index is 0.0175. The quantitative estimate of drug-likeness (QED) is 0.399. The first-order valence-electron chi connectivity index (χ1n) is 8.92. The van der Waals surface area contributed by atoms with E-state index in [0.29, 0.717) is 10.8 Å². The molecule has 0 fully saturated rings. The van der Waals surface area contributed by atoms with Gasteiger partial charge in [-0.3, -0.25) is 4.79 Å². The molecule has 0 N–H and O–H groups in total. The molecule has 1 aromatic heterocycles. The largest absolute Gasteiger partial charge is 0.420 e. The zero-order valence-corrected chi connectivity index (χ0v) is 15.3. The molecule has 0 unspecified atom stereocenters. The van der Waals surface area contributed by atoms with Crippen LogP contribution in [-0.4, -0.2) is 15.7 Å². The Hall–Kier alpha value is -4.24. The molecule has 1 heterocycles. The molecule has 0 aliphatic carbocycles. The summed E-state index contributed by atoms with van der Waals surface area (Å²) in [7, 11) is 0. The van der Waals surface area contributed by atoms with Gasteiger partial charge in [0, 0.05) is 5.39 Å². The van der Waals surface area contributed by atoms with Crippen LogP contribution in [-0.2, 0) is 6.54 Å². The van der Waals surface area contributed by atoms with Crippen LogP contribution >= 0.6 is 0 Å². The normalized spacial score (nSPS) is 10.4. The van der Waals surface area contributed by atoms with Gasteiger partial charge in [-0.2, -0.15) is 10.4 Å². The number of hydrogen-bond donors (Lipinski definition) is 0. The van der Waals surface area contributed by atoms with E-state index >= 15 is 0 Å². The van der Waals surface area contributed by atoms with Crippen molar-refractivity contribution < 1.29 is 9.53 Å². The van der Waals surface area contributed by atoms with E-state index in [-0.39, 0.29) is 29.1 Å². The van der Waals surface area contributed by atoms with Crippen LogP contribution in [0.5, 0.6) is 5.75 Å². The number of fused-ring (bicyclic) bond motifs is 1. The van der Waals surface area contributed by atoms with Gasteiger partial charge in [-0.25, -0.2) is 9.48 Å². The molecule has 3 aromatic carbocycles. The van der Waals surface area contributed by atoms with Crippen molar-refractivity contribution in [3.05, 3.63) is 106 Å². The molecule has 0 bridgehead atoms. The van der Waals surface area contributed by atoms with Crippen LogP contribution in [0.25, 0.3) is 10.8 Å². The summed E-state index contributed by atoms with van der Waals surface area (Å²) in [6, 6.07) is 24.6. The maximum absolute atomic E-state index is 12.9. The Kier molecular flexibility index (Phi) is 4.87. The second kappa shape index (κ2) is 7.79. The van der Waals surface area contributed by atoms with E-state index in [9.17, 15) is 14.9 Å². The summed E-state index contributed by atoms with van der Waals surface area (Å²) >= 11 is 0. The molecule has 0 radical (unpaired) electrons. The average Bonchev–Trinajstić information content (AvgIpc) is 2.77. The number of para-hydroxylation sites is 1. The Morgan fingerprint density at radius 2 is 1.59 bits per heavy atom. The first-order valence-corrected chi connectivity index (χ1v) is 8.92. The van der Waals surface area contributed by atoms with Crippen molar-refractivity contribution in [2.45, 2.75) is 6.54 Å². The molecule has 140 valence electrons. The highest BCUT2D eigenvalue weighted by molar-refractivity contribution is 6.03. The highest BCUT2D eigenvalue weighted by atomic mass is 16.5. The number of ether oxygens (including phenoxy) is 1. The van der Waals surface area contributed by atoms with Gasteiger partial charge >= 0.3 is 5.97 Å². The smallest absolute Gasteiger partial charge is 0.364 e. The van der Waals surface area contributed by atoms with Crippen LogP contribution in [0.2, 0.25) is 0 Å². The molecule has 0 atom stereocenters. The fraction of sp³-hybridized carbons (Fsp3) is 0.0435. The summed E-state index contributed by atoms with van der Waals surface area (Å²) in [6.45, 7) is 0.222. The Bertz CT molecular complexity index is 1300. The Labute approximate surface area is 166 Å². The standard InChI is InChI=1S/C23H15N3O3/c24-14-17-10-4-7-13-20(17)29-23(28)21-18-11-5-6-12-19(18)22(27)26(25-21)15-16-8-2-1-3-9-16/h1-13H,15H2. The lowest BCUT2D eigenvalue weighted by atomic mass is 10.1. The van der Waals surface area contributed by atoms with Gasteiger partial charge in [0.2, 0.25) is 0 Å². The average molecular weight is 381 g/mol. The van der Waals surface area contributed by atoms with Crippen molar-refractivity contribution in [2.75, 3.05) is 0 Å². The molecule has 0 aliphatic heterocycles. The maximum atomic E-state index is 12.9. The van der Waals surface area contributed by atoms with Gasteiger partial charge in [-0.05, 0) is 23.8 Å². The molecular weight excluding hydrogens is 366 g/mol. The van der Waals surface area contributed by atoms with Gasteiger partial charge in [0.25, 0.3) is 5.56 Å². The van der Waals surface area contributed by atoms with Gasteiger partial charge in [-0.15, -0.1) is 0 Å². The van der Waals surface area contributed by atoms with Gasteiger partial charge in [0.15, 0.2) is 5.69 Å². The van der Waals surface area contributed by atoms with Crippen molar-refractivity contribution >= 4 is 16.7 Å². The van der Waals surface area contributed by atoms with E-state index in [2.05, 4.69) is 5.10 Å². The van der Waals surface area contributed by atoms with E-state index in [1.807, 2.05) is 36.4 Å². The minimum Gasteiger partial charge on any atom is -0.420 e. The molecule has 0 aliphatic rings. The third kappa shape index (κ3) is 3.62. The first kappa shape index (κ1) is 18.1. The molecule has 29 heavy (non-hydrogen) atoms.